The van der Waals surface area contributed by atoms with Crippen LogP contribution in [0.25, 0.3) is 0 Å². The van der Waals surface area contributed by atoms with E-state index >= 15 is 0 Å². The molecule has 2 fully saturated rings. The molecule has 4 rings (SSSR count). The number of anilines is 1. The van der Waals surface area contributed by atoms with Crippen LogP contribution in [-0.2, 0) is 23.9 Å². The van der Waals surface area contributed by atoms with Crippen molar-refractivity contribution < 1.29 is 28.2 Å². The maximum absolute atomic E-state index is 13.4. The molecule has 8 heteroatoms. The van der Waals surface area contributed by atoms with E-state index in [-0.39, 0.29) is 25.6 Å². The summed E-state index contributed by atoms with van der Waals surface area (Å²) < 4.78 is 24.2. The number of hydrogen-bond donors (Lipinski definition) is 1. The van der Waals surface area contributed by atoms with Crippen LogP contribution in [0.3, 0.4) is 0 Å². The average Bonchev–Trinajstić information content (AvgIpc) is 3.24. The molecule has 1 spiro atoms. The number of rotatable bonds is 5. The number of benzene rings is 1. The van der Waals surface area contributed by atoms with Crippen LogP contribution < -0.4 is 5.32 Å². The standard InChI is InChI=1S/C19H19FN2O5/c1-2-26-14(23)9-22-10-19-7-6-13(27-19)15(16(19)18(22)25)17(24)21-12-5-3-4-11(20)8-12/h3-8,13,15-16H,2,9-10H2,1H3,(H,21,24)/t13-,15?,16-,19?/m1/s1. The minimum absolute atomic E-state index is 0.176. The molecule has 3 aliphatic heterocycles. The molecule has 27 heavy (non-hydrogen) atoms. The van der Waals surface area contributed by atoms with Crippen LogP contribution >= 0.6 is 0 Å². The number of amides is 2. The largest absolute Gasteiger partial charge is 0.465 e. The Labute approximate surface area is 155 Å². The predicted molar refractivity (Wildman–Crippen MR) is 92.0 cm³/mol. The van der Waals surface area contributed by atoms with Crippen molar-refractivity contribution in [2.75, 3.05) is 25.0 Å². The van der Waals surface area contributed by atoms with E-state index in [2.05, 4.69) is 5.32 Å². The van der Waals surface area contributed by atoms with Gasteiger partial charge >= 0.3 is 5.97 Å². The Hall–Kier alpha value is -2.74. The molecule has 7 nitrogen and oxygen atoms in total. The molecule has 3 heterocycles. The second-order valence-electron chi connectivity index (χ2n) is 6.90. The topological polar surface area (TPSA) is 84.9 Å². The maximum Gasteiger partial charge on any atom is 0.325 e. The number of ether oxygens (including phenoxy) is 2. The lowest BCUT2D eigenvalue weighted by Crippen LogP contribution is -2.41. The average molecular weight is 374 g/mol. The highest BCUT2D eigenvalue weighted by atomic mass is 19.1. The molecule has 2 amide bonds. The zero-order valence-corrected chi connectivity index (χ0v) is 14.7. The van der Waals surface area contributed by atoms with Crippen molar-refractivity contribution in [2.24, 2.45) is 11.8 Å². The summed E-state index contributed by atoms with van der Waals surface area (Å²) in [5.41, 5.74) is -0.590. The maximum atomic E-state index is 13.4. The molecular weight excluding hydrogens is 355 g/mol. The molecule has 1 N–H and O–H groups in total. The summed E-state index contributed by atoms with van der Waals surface area (Å²) in [5.74, 6) is -3.14. The first-order valence-corrected chi connectivity index (χ1v) is 8.81. The third-order valence-corrected chi connectivity index (χ3v) is 5.20. The van der Waals surface area contributed by atoms with E-state index in [1.807, 2.05) is 0 Å². The number of hydrogen-bond acceptors (Lipinski definition) is 5. The zero-order valence-electron chi connectivity index (χ0n) is 14.7. The van der Waals surface area contributed by atoms with Crippen LogP contribution in [0.5, 0.6) is 0 Å². The molecule has 1 aromatic rings. The predicted octanol–water partition coefficient (Wildman–Crippen LogP) is 1.11. The minimum Gasteiger partial charge on any atom is -0.465 e. The number of nitrogens with zero attached hydrogens (tertiary/aromatic N) is 1. The van der Waals surface area contributed by atoms with Gasteiger partial charge in [-0.05, 0) is 25.1 Å². The Bertz CT molecular complexity index is 841. The fourth-order valence-corrected chi connectivity index (χ4v) is 4.17. The molecule has 0 saturated carbocycles. The molecule has 2 bridgehead atoms. The van der Waals surface area contributed by atoms with Crippen molar-refractivity contribution in [2.45, 2.75) is 18.6 Å². The van der Waals surface area contributed by atoms with E-state index in [0.29, 0.717) is 5.69 Å². The minimum atomic E-state index is -0.905. The number of nitrogens with one attached hydrogen (secondary N) is 1. The quantitative estimate of drug-likeness (QED) is 0.617. The fraction of sp³-hybridized carbons (Fsp3) is 0.421. The Morgan fingerprint density at radius 2 is 2.26 bits per heavy atom. The summed E-state index contributed by atoms with van der Waals surface area (Å²) >= 11 is 0. The molecule has 0 radical (unpaired) electrons. The summed E-state index contributed by atoms with van der Waals surface area (Å²) in [6, 6.07) is 5.55. The number of fused-ring (bicyclic) bond motifs is 1. The summed E-state index contributed by atoms with van der Waals surface area (Å²) in [4.78, 5) is 38.9. The molecule has 0 aromatic heterocycles. The van der Waals surface area contributed by atoms with Gasteiger partial charge in [0.25, 0.3) is 0 Å². The highest BCUT2D eigenvalue weighted by Crippen LogP contribution is 2.52. The number of carbonyl (C=O) groups excluding carboxylic acids is 3. The molecule has 0 aliphatic carbocycles. The second kappa shape index (κ2) is 6.45. The highest BCUT2D eigenvalue weighted by Gasteiger charge is 2.66. The Balaban J connectivity index is 1.54. The summed E-state index contributed by atoms with van der Waals surface area (Å²) in [6.45, 7) is 1.95. The number of likely N-dealkylation sites (tertiary alicyclic amines) is 1. The van der Waals surface area contributed by atoms with Crippen LogP contribution in [0.1, 0.15) is 6.92 Å². The van der Waals surface area contributed by atoms with Gasteiger partial charge in [-0.3, -0.25) is 14.4 Å². The lowest BCUT2D eigenvalue weighted by Gasteiger charge is -2.23. The summed E-state index contributed by atoms with van der Waals surface area (Å²) in [7, 11) is 0. The van der Waals surface area contributed by atoms with E-state index in [1.165, 1.54) is 23.1 Å². The van der Waals surface area contributed by atoms with Crippen molar-refractivity contribution in [1.29, 1.82) is 0 Å². The monoisotopic (exact) mass is 374 g/mol. The van der Waals surface area contributed by atoms with Crippen LogP contribution in [0, 0.1) is 17.7 Å². The van der Waals surface area contributed by atoms with Crippen molar-refractivity contribution in [1.82, 2.24) is 4.90 Å². The van der Waals surface area contributed by atoms with Crippen LogP contribution in [0.4, 0.5) is 10.1 Å². The molecule has 2 saturated heterocycles. The van der Waals surface area contributed by atoms with Crippen molar-refractivity contribution in [3.63, 3.8) is 0 Å². The number of halogens is 1. The van der Waals surface area contributed by atoms with Gasteiger partial charge in [-0.1, -0.05) is 18.2 Å². The SMILES string of the molecule is CCOC(=O)CN1CC23C=C[C@@H](O2)C(C(=O)Nc2cccc(F)c2)[C@@H]3C1=O. The van der Waals surface area contributed by atoms with Gasteiger partial charge in [0.2, 0.25) is 11.8 Å². The first-order chi connectivity index (χ1) is 12.9. The molecule has 142 valence electrons. The molecular formula is C19H19FN2O5. The fourth-order valence-electron chi connectivity index (χ4n) is 4.17. The van der Waals surface area contributed by atoms with E-state index in [0.717, 1.165) is 0 Å². The highest BCUT2D eigenvalue weighted by molar-refractivity contribution is 5.99. The van der Waals surface area contributed by atoms with Gasteiger partial charge in [0.05, 0.1) is 31.1 Å². The van der Waals surface area contributed by atoms with Crippen molar-refractivity contribution >= 4 is 23.5 Å². The normalized spacial score (nSPS) is 30.5. The Kier molecular flexibility index (Phi) is 4.22. The van der Waals surface area contributed by atoms with Crippen LogP contribution in [0.2, 0.25) is 0 Å². The van der Waals surface area contributed by atoms with Gasteiger partial charge in [-0.25, -0.2) is 4.39 Å². The van der Waals surface area contributed by atoms with E-state index in [4.69, 9.17) is 9.47 Å². The van der Waals surface area contributed by atoms with Crippen molar-refractivity contribution in [3.05, 3.63) is 42.2 Å². The van der Waals surface area contributed by atoms with Gasteiger partial charge in [-0.15, -0.1) is 0 Å². The van der Waals surface area contributed by atoms with E-state index in [1.54, 1.807) is 25.1 Å². The van der Waals surface area contributed by atoms with Gasteiger partial charge in [0.15, 0.2) is 0 Å². The third-order valence-electron chi connectivity index (χ3n) is 5.20. The van der Waals surface area contributed by atoms with Crippen LogP contribution in [0.15, 0.2) is 36.4 Å². The van der Waals surface area contributed by atoms with Gasteiger partial charge in [0, 0.05) is 5.69 Å². The smallest absolute Gasteiger partial charge is 0.325 e. The third kappa shape index (κ3) is 2.90. The van der Waals surface area contributed by atoms with E-state index in [9.17, 15) is 18.8 Å². The first-order valence-electron chi connectivity index (χ1n) is 8.81. The zero-order chi connectivity index (χ0) is 19.2. The van der Waals surface area contributed by atoms with Gasteiger partial charge in [0.1, 0.15) is 18.0 Å². The number of esters is 1. The molecule has 2 unspecified atom stereocenters. The van der Waals surface area contributed by atoms with Gasteiger partial charge < -0.3 is 19.7 Å². The Morgan fingerprint density at radius 1 is 1.44 bits per heavy atom. The molecule has 3 aliphatic rings. The summed E-state index contributed by atoms with van der Waals surface area (Å²) in [5, 5.41) is 2.66. The Morgan fingerprint density at radius 3 is 3.00 bits per heavy atom. The van der Waals surface area contributed by atoms with Crippen LogP contribution in [-0.4, -0.2) is 54.1 Å². The second-order valence-corrected chi connectivity index (χ2v) is 6.90. The molecule has 4 atom stereocenters. The lowest BCUT2D eigenvalue weighted by atomic mass is 9.77. The van der Waals surface area contributed by atoms with Gasteiger partial charge in [-0.2, -0.15) is 0 Å². The molecule has 1 aromatic carbocycles. The van der Waals surface area contributed by atoms with Crippen molar-refractivity contribution in [3.8, 4) is 0 Å². The first kappa shape index (κ1) is 17.7. The summed E-state index contributed by atoms with van der Waals surface area (Å²) in [6.07, 6.45) is 3.06. The van der Waals surface area contributed by atoms with E-state index < -0.39 is 41.2 Å². The lowest BCUT2D eigenvalue weighted by molar-refractivity contribution is -0.148. The number of carbonyl (C=O) groups is 3.